The number of ether oxygens (including phenoxy) is 1. The number of hydrogen-bond acceptors (Lipinski definition) is 11. The number of likely N-dealkylation sites (tertiary alicyclic amines) is 1. The van der Waals surface area contributed by atoms with Crippen molar-refractivity contribution in [3.05, 3.63) is 124 Å². The normalized spacial score (nSPS) is 13.8. The quantitative estimate of drug-likeness (QED) is 0.0559. The zero-order valence-electron chi connectivity index (χ0n) is 33.7. The van der Waals surface area contributed by atoms with Crippen LogP contribution in [0.2, 0.25) is 0 Å². The van der Waals surface area contributed by atoms with Crippen LogP contribution in [-0.2, 0) is 21.4 Å². The fourth-order valence-electron chi connectivity index (χ4n) is 6.39. The van der Waals surface area contributed by atoms with Crippen LogP contribution in [0.25, 0.3) is 0 Å². The van der Waals surface area contributed by atoms with Gasteiger partial charge in [-0.25, -0.2) is 4.79 Å². The number of rotatable bonds is 18. The van der Waals surface area contributed by atoms with Crippen LogP contribution in [0.4, 0.5) is 11.5 Å². The first-order valence-corrected chi connectivity index (χ1v) is 21.6. The van der Waals surface area contributed by atoms with E-state index in [0.717, 1.165) is 54.7 Å². The Bertz CT molecular complexity index is 1810. The number of carbonyl (C=O) groups is 1. The molecule has 1 aliphatic heterocycles. The van der Waals surface area contributed by atoms with Gasteiger partial charge in [0.15, 0.2) is 0 Å². The Morgan fingerprint density at radius 2 is 1.52 bits per heavy atom. The number of anilines is 2. The maximum Gasteiger partial charge on any atom is 0.350 e. The molecule has 1 atom stereocenters. The summed E-state index contributed by atoms with van der Waals surface area (Å²) in [4.78, 5) is 48.6. The summed E-state index contributed by atoms with van der Waals surface area (Å²) in [6.45, 7) is 10.8. The van der Waals surface area contributed by atoms with Gasteiger partial charge in [-0.2, -0.15) is 4.98 Å². The Hall–Kier alpha value is -4.44. The van der Waals surface area contributed by atoms with Crippen LogP contribution in [0.15, 0.2) is 102 Å². The first kappa shape index (κ1) is 47.9. The molecule has 58 heavy (non-hydrogen) atoms. The van der Waals surface area contributed by atoms with Crippen LogP contribution < -0.4 is 22.5 Å². The minimum absolute atomic E-state index is 0.0443. The average molecular weight is 824 g/mol. The Kier molecular flexibility index (Phi) is 20.8. The summed E-state index contributed by atoms with van der Waals surface area (Å²) >= 11 is 0. The second kappa shape index (κ2) is 25.1. The van der Waals surface area contributed by atoms with Crippen LogP contribution in [0.3, 0.4) is 0 Å². The molecule has 1 aliphatic rings. The van der Waals surface area contributed by atoms with E-state index in [2.05, 4.69) is 33.9 Å². The Morgan fingerprint density at radius 3 is 2.03 bits per heavy atom. The van der Waals surface area contributed by atoms with Crippen molar-refractivity contribution >= 4 is 25.0 Å². The summed E-state index contributed by atoms with van der Waals surface area (Å²) in [5, 5.41) is 23.4. The molecule has 2 heterocycles. The monoisotopic (exact) mass is 823 g/mol. The van der Waals surface area contributed by atoms with Crippen LogP contribution in [0.1, 0.15) is 67.4 Å². The second-order valence-electron chi connectivity index (χ2n) is 14.1. The van der Waals surface area contributed by atoms with Gasteiger partial charge in [-0.3, -0.25) is 13.9 Å². The van der Waals surface area contributed by atoms with E-state index in [0.29, 0.717) is 17.8 Å². The number of piperidine rings is 1. The van der Waals surface area contributed by atoms with Crippen molar-refractivity contribution in [2.45, 2.75) is 64.2 Å². The summed E-state index contributed by atoms with van der Waals surface area (Å²) in [5.74, 6) is 0.0186. The van der Waals surface area contributed by atoms with Gasteiger partial charge in [-0.05, 0) is 99.9 Å². The molecule has 0 unspecified atom stereocenters. The number of aliphatic hydroxyl groups excluding tert-OH is 1. The fourth-order valence-corrected chi connectivity index (χ4v) is 6.80. The van der Waals surface area contributed by atoms with Crippen LogP contribution in [0.5, 0.6) is 0 Å². The minimum Gasteiger partial charge on any atom is -0.399 e. The third kappa shape index (κ3) is 17.2. The fraction of sp³-hybridized carbons (Fsp3) is 0.452. The molecule has 0 bridgehead atoms. The number of aromatic nitrogens is 2. The molecular weight excluding hydrogens is 761 g/mol. The molecule has 1 saturated heterocycles. The van der Waals surface area contributed by atoms with Crippen molar-refractivity contribution < 1.29 is 34.1 Å². The number of nitrogens with two attached hydrogens (primary N) is 2. The lowest BCUT2D eigenvalue weighted by molar-refractivity contribution is 0.0188. The highest BCUT2D eigenvalue weighted by atomic mass is 31.2. The summed E-state index contributed by atoms with van der Waals surface area (Å²) < 4.78 is 16.5. The first-order chi connectivity index (χ1) is 27.8. The summed E-state index contributed by atoms with van der Waals surface area (Å²) in [7, 11) is -4.31. The van der Waals surface area contributed by atoms with E-state index in [9.17, 15) is 19.3 Å². The van der Waals surface area contributed by atoms with Gasteiger partial charge in [0.1, 0.15) is 17.8 Å². The van der Waals surface area contributed by atoms with E-state index in [-0.39, 0.29) is 18.3 Å². The van der Waals surface area contributed by atoms with E-state index in [1.165, 1.54) is 44.6 Å². The van der Waals surface area contributed by atoms with Crippen LogP contribution in [-0.4, -0.2) is 110 Å². The van der Waals surface area contributed by atoms with E-state index < -0.39 is 37.9 Å². The van der Waals surface area contributed by atoms with Crippen molar-refractivity contribution in [2.24, 2.45) is 0 Å². The maximum atomic E-state index is 11.7. The maximum absolute atomic E-state index is 11.7. The molecular formula is C42H62N7O8P. The second-order valence-corrected chi connectivity index (χ2v) is 15.6. The standard InChI is InChI=1S/C21H27NO.C13H21N3O.C8H14N3O6P/c23-21(19-11-4-1-5-12-19,20-13-6-2-7-14-20)15-10-18-22-16-8-3-9-17-22;1-3-16(4-2)10-9-15-13(17)11-5-7-12(14)8-6-11;9-7-1-2-11(8(13)10-7)3-6(4-12)17-5-18(14,15)16/h1-2,4-7,11-14,23H,3,8-10,15-18H2;5-8H,3-4,9-10,14H2,1-2H3,(H,15,17);1-2,6,12H,3-5H2,(H2,9,10,13)(H2,14,15,16)/t;;6-/m..0/s1. The molecule has 1 fully saturated rings. The van der Waals surface area contributed by atoms with Gasteiger partial charge in [-0.15, -0.1) is 0 Å². The molecule has 0 saturated carbocycles. The van der Waals surface area contributed by atoms with Gasteiger partial charge in [-0.1, -0.05) is 80.9 Å². The molecule has 1 aromatic heterocycles. The zero-order valence-corrected chi connectivity index (χ0v) is 34.6. The molecule has 0 radical (unpaired) electrons. The molecule has 1 amide bonds. The number of likely N-dealkylation sites (N-methyl/N-ethyl adjacent to an activating group) is 1. The van der Waals surface area contributed by atoms with Gasteiger partial charge in [0, 0.05) is 30.5 Å². The topological polar surface area (TPSA) is 230 Å². The minimum atomic E-state index is -4.31. The molecule has 4 aromatic rings. The van der Waals surface area contributed by atoms with Gasteiger partial charge in [0.05, 0.1) is 19.3 Å². The highest BCUT2D eigenvalue weighted by molar-refractivity contribution is 7.51. The predicted molar refractivity (Wildman–Crippen MR) is 228 cm³/mol. The molecule has 5 rings (SSSR count). The Labute approximate surface area is 341 Å². The number of carbonyl (C=O) groups excluding carboxylic acids is 1. The van der Waals surface area contributed by atoms with Crippen molar-refractivity contribution in [3.8, 4) is 0 Å². The van der Waals surface area contributed by atoms with E-state index in [4.69, 9.17) is 31.1 Å². The first-order valence-electron chi connectivity index (χ1n) is 19.8. The molecule has 318 valence electrons. The number of nitrogens with zero attached hydrogens (tertiary/aromatic N) is 4. The number of nitrogens with one attached hydrogen (secondary N) is 1. The van der Waals surface area contributed by atoms with Crippen LogP contribution in [0, 0.1) is 0 Å². The van der Waals surface area contributed by atoms with E-state index in [1.54, 1.807) is 24.3 Å². The van der Waals surface area contributed by atoms with Crippen molar-refractivity contribution in [1.29, 1.82) is 0 Å². The number of aliphatic hydroxyl groups is 2. The number of amides is 1. The number of benzene rings is 3. The SMILES string of the molecule is CCN(CC)CCNC(=O)c1ccc(N)cc1.Nc1ccn(C[C@@H](CO)OCP(=O)(O)O)c(=O)n1.OC(CCCN1CCCCC1)(c1ccccc1)c1ccccc1. The van der Waals surface area contributed by atoms with Crippen molar-refractivity contribution in [3.63, 3.8) is 0 Å². The molecule has 0 spiro atoms. The largest absolute Gasteiger partial charge is 0.399 e. The Morgan fingerprint density at radius 1 is 0.931 bits per heavy atom. The highest BCUT2D eigenvalue weighted by Gasteiger charge is 2.31. The van der Waals surface area contributed by atoms with Crippen molar-refractivity contribution in [2.75, 3.05) is 70.2 Å². The predicted octanol–water partition coefficient (Wildman–Crippen LogP) is 3.87. The lowest BCUT2D eigenvalue weighted by atomic mass is 9.82. The van der Waals surface area contributed by atoms with Gasteiger partial charge in [0.25, 0.3) is 5.91 Å². The summed E-state index contributed by atoms with van der Waals surface area (Å²) in [6, 6.07) is 28.5. The van der Waals surface area contributed by atoms with Crippen LogP contribution >= 0.6 is 7.60 Å². The third-order valence-corrected chi connectivity index (χ3v) is 10.2. The third-order valence-electron chi connectivity index (χ3n) is 9.72. The lowest BCUT2D eigenvalue weighted by Gasteiger charge is -2.32. The summed E-state index contributed by atoms with van der Waals surface area (Å²) in [6.07, 6.45) is 5.40. The van der Waals surface area contributed by atoms with E-state index in [1.807, 2.05) is 60.7 Å². The van der Waals surface area contributed by atoms with Gasteiger partial charge >= 0.3 is 13.3 Å². The van der Waals surface area contributed by atoms with Crippen molar-refractivity contribution in [1.82, 2.24) is 24.7 Å². The smallest absolute Gasteiger partial charge is 0.350 e. The molecule has 15 nitrogen and oxygen atoms in total. The number of hydrogen-bond donors (Lipinski definition) is 7. The zero-order chi connectivity index (χ0) is 42.4. The van der Waals surface area contributed by atoms with Gasteiger partial charge < -0.3 is 51.3 Å². The number of nitrogen functional groups attached to an aromatic ring is 2. The lowest BCUT2D eigenvalue weighted by Crippen LogP contribution is -2.34. The molecule has 16 heteroatoms. The highest BCUT2D eigenvalue weighted by Crippen LogP contribution is 2.35. The van der Waals surface area contributed by atoms with E-state index >= 15 is 0 Å². The Balaban J connectivity index is 0.000000237. The summed E-state index contributed by atoms with van der Waals surface area (Å²) in [5.41, 5.74) is 12.6. The molecule has 3 aromatic carbocycles. The molecule has 9 N–H and O–H groups in total. The van der Waals surface area contributed by atoms with Gasteiger partial charge in [0.2, 0.25) is 0 Å². The molecule has 0 aliphatic carbocycles. The average Bonchev–Trinajstić information content (AvgIpc) is 3.23.